The number of amides is 1. The second kappa shape index (κ2) is 8.50. The summed E-state index contributed by atoms with van der Waals surface area (Å²) in [5, 5.41) is 3.15. The van der Waals surface area contributed by atoms with Crippen LogP contribution in [0.15, 0.2) is 48.7 Å². The number of anilines is 1. The van der Waals surface area contributed by atoms with Crippen LogP contribution in [0, 0.1) is 0 Å². The zero-order valence-electron chi connectivity index (χ0n) is 15.5. The van der Waals surface area contributed by atoms with Crippen molar-refractivity contribution in [3.05, 3.63) is 59.9 Å². The minimum Gasteiger partial charge on any atom is -0.378 e. The van der Waals surface area contributed by atoms with E-state index in [1.807, 2.05) is 18.2 Å². The highest BCUT2D eigenvalue weighted by Crippen LogP contribution is 2.17. The number of aromatic nitrogens is 1. The predicted octanol–water partition coefficient (Wildman–Crippen LogP) is 1.92. The maximum atomic E-state index is 12.7. The van der Waals surface area contributed by atoms with Gasteiger partial charge in [-0.05, 0) is 24.1 Å². The molecule has 0 bridgehead atoms. The first-order valence-corrected chi connectivity index (χ1v) is 9.64. The van der Waals surface area contributed by atoms with Gasteiger partial charge < -0.3 is 15.0 Å². The van der Waals surface area contributed by atoms with Crippen molar-refractivity contribution in [1.82, 2.24) is 15.2 Å². The van der Waals surface area contributed by atoms with Gasteiger partial charge >= 0.3 is 0 Å². The lowest BCUT2D eigenvalue weighted by molar-refractivity contribution is 0.0932. The van der Waals surface area contributed by atoms with Gasteiger partial charge in [-0.3, -0.25) is 14.7 Å². The number of nitrogens with zero attached hydrogens (tertiary/aromatic N) is 3. The van der Waals surface area contributed by atoms with Crippen molar-refractivity contribution in [1.29, 1.82) is 0 Å². The number of ether oxygens (including phenoxy) is 1. The summed E-state index contributed by atoms with van der Waals surface area (Å²) in [5.74, 6) is -0.0864. The van der Waals surface area contributed by atoms with Crippen molar-refractivity contribution in [2.75, 3.05) is 44.3 Å². The van der Waals surface area contributed by atoms with E-state index in [1.54, 1.807) is 6.20 Å². The number of carbonyl (C=O) groups excluding carboxylic acids is 1. The smallest absolute Gasteiger partial charge is 0.270 e. The SMILES string of the molecule is O=C(NC1CCN(Cc2ccccc2)C1)c1cc(N2CCOCC2)ccn1. The van der Waals surface area contributed by atoms with Crippen LogP contribution in [0.1, 0.15) is 22.5 Å². The second-order valence-electron chi connectivity index (χ2n) is 7.18. The Morgan fingerprint density at radius 1 is 1.15 bits per heavy atom. The zero-order chi connectivity index (χ0) is 18.5. The van der Waals surface area contributed by atoms with Crippen molar-refractivity contribution < 1.29 is 9.53 Å². The number of rotatable bonds is 5. The molecule has 2 fully saturated rings. The first-order chi connectivity index (χ1) is 13.3. The lowest BCUT2D eigenvalue weighted by Gasteiger charge is -2.28. The van der Waals surface area contributed by atoms with Crippen LogP contribution in [0.5, 0.6) is 0 Å². The molecule has 2 aliphatic rings. The van der Waals surface area contributed by atoms with Gasteiger partial charge in [0, 0.05) is 50.6 Å². The summed E-state index contributed by atoms with van der Waals surface area (Å²) < 4.78 is 5.40. The van der Waals surface area contributed by atoms with E-state index < -0.39 is 0 Å². The lowest BCUT2D eigenvalue weighted by atomic mass is 10.2. The van der Waals surface area contributed by atoms with Crippen LogP contribution in [-0.2, 0) is 11.3 Å². The molecule has 0 spiro atoms. The lowest BCUT2D eigenvalue weighted by Crippen LogP contribution is -2.38. The van der Waals surface area contributed by atoms with Crippen LogP contribution >= 0.6 is 0 Å². The number of pyridine rings is 1. The van der Waals surface area contributed by atoms with Gasteiger partial charge in [-0.2, -0.15) is 0 Å². The van der Waals surface area contributed by atoms with E-state index in [4.69, 9.17) is 4.74 Å². The molecule has 4 rings (SSSR count). The molecule has 0 radical (unpaired) electrons. The quantitative estimate of drug-likeness (QED) is 0.876. The Kier molecular flexibility index (Phi) is 5.65. The van der Waals surface area contributed by atoms with Gasteiger partial charge in [0.1, 0.15) is 5.69 Å². The van der Waals surface area contributed by atoms with E-state index in [1.165, 1.54) is 5.56 Å². The highest BCUT2D eigenvalue weighted by molar-refractivity contribution is 5.93. The standard InChI is InChI=1S/C21H26N4O2/c26-21(20-14-19(6-8-22-20)25-10-12-27-13-11-25)23-18-7-9-24(16-18)15-17-4-2-1-3-5-17/h1-6,8,14,18H,7,9-13,15-16H2,(H,23,26). The van der Waals surface area contributed by atoms with Crippen molar-refractivity contribution in [3.63, 3.8) is 0 Å². The third-order valence-electron chi connectivity index (χ3n) is 5.21. The molecule has 0 saturated carbocycles. The van der Waals surface area contributed by atoms with Gasteiger partial charge in [-0.1, -0.05) is 30.3 Å². The molecule has 6 nitrogen and oxygen atoms in total. The monoisotopic (exact) mass is 366 g/mol. The van der Waals surface area contributed by atoms with E-state index in [0.717, 1.165) is 58.0 Å². The third-order valence-corrected chi connectivity index (χ3v) is 5.21. The van der Waals surface area contributed by atoms with Gasteiger partial charge in [0.05, 0.1) is 13.2 Å². The van der Waals surface area contributed by atoms with E-state index in [0.29, 0.717) is 5.69 Å². The van der Waals surface area contributed by atoms with Crippen LogP contribution in [-0.4, -0.2) is 61.2 Å². The molecule has 2 aliphatic heterocycles. The molecular weight excluding hydrogens is 340 g/mol. The van der Waals surface area contributed by atoms with Gasteiger partial charge in [-0.15, -0.1) is 0 Å². The molecule has 2 saturated heterocycles. The Labute approximate surface area is 160 Å². The number of nitrogens with one attached hydrogen (secondary N) is 1. The minimum atomic E-state index is -0.0864. The molecule has 2 aromatic rings. The van der Waals surface area contributed by atoms with Crippen molar-refractivity contribution in [3.8, 4) is 0 Å². The number of morpholine rings is 1. The highest BCUT2D eigenvalue weighted by atomic mass is 16.5. The largest absolute Gasteiger partial charge is 0.378 e. The Balaban J connectivity index is 1.33. The first kappa shape index (κ1) is 17.9. The maximum Gasteiger partial charge on any atom is 0.270 e. The zero-order valence-corrected chi connectivity index (χ0v) is 15.5. The summed E-state index contributed by atoms with van der Waals surface area (Å²) in [6.07, 6.45) is 2.69. The molecule has 1 unspecified atom stereocenters. The Bertz CT molecular complexity index is 762. The van der Waals surface area contributed by atoms with Gasteiger partial charge in [-0.25, -0.2) is 0 Å². The molecule has 1 amide bonds. The fourth-order valence-electron chi connectivity index (χ4n) is 3.76. The average Bonchev–Trinajstić information content (AvgIpc) is 3.16. The molecule has 1 N–H and O–H groups in total. The van der Waals surface area contributed by atoms with Crippen molar-refractivity contribution >= 4 is 11.6 Å². The van der Waals surface area contributed by atoms with Crippen LogP contribution in [0.4, 0.5) is 5.69 Å². The minimum absolute atomic E-state index is 0.0864. The van der Waals surface area contributed by atoms with Crippen LogP contribution in [0.25, 0.3) is 0 Å². The highest BCUT2D eigenvalue weighted by Gasteiger charge is 2.25. The predicted molar refractivity (Wildman–Crippen MR) is 105 cm³/mol. The molecule has 6 heteroatoms. The molecular formula is C21H26N4O2. The fourth-order valence-corrected chi connectivity index (χ4v) is 3.76. The fraction of sp³-hybridized carbons (Fsp3) is 0.429. The van der Waals surface area contributed by atoms with Crippen LogP contribution in [0.2, 0.25) is 0 Å². The summed E-state index contributed by atoms with van der Waals surface area (Å²) in [7, 11) is 0. The van der Waals surface area contributed by atoms with Gasteiger partial charge in [0.15, 0.2) is 0 Å². The van der Waals surface area contributed by atoms with Gasteiger partial charge in [0.25, 0.3) is 5.91 Å². The normalized spacial score (nSPS) is 20.6. The first-order valence-electron chi connectivity index (χ1n) is 9.64. The third kappa shape index (κ3) is 4.64. The molecule has 0 aliphatic carbocycles. The summed E-state index contributed by atoms with van der Waals surface area (Å²) in [6.45, 7) is 5.96. The summed E-state index contributed by atoms with van der Waals surface area (Å²) in [5.41, 5.74) is 2.83. The van der Waals surface area contributed by atoms with Crippen molar-refractivity contribution in [2.45, 2.75) is 19.0 Å². The van der Waals surface area contributed by atoms with E-state index in [2.05, 4.69) is 44.4 Å². The van der Waals surface area contributed by atoms with Gasteiger partial charge in [0.2, 0.25) is 0 Å². The van der Waals surface area contributed by atoms with Crippen LogP contribution < -0.4 is 10.2 Å². The van der Waals surface area contributed by atoms with E-state index >= 15 is 0 Å². The summed E-state index contributed by atoms with van der Waals surface area (Å²) in [6, 6.07) is 14.5. The molecule has 142 valence electrons. The number of carbonyl (C=O) groups is 1. The number of likely N-dealkylation sites (tertiary alicyclic amines) is 1. The topological polar surface area (TPSA) is 57.7 Å². The van der Waals surface area contributed by atoms with Crippen LogP contribution in [0.3, 0.4) is 0 Å². The molecule has 1 atom stereocenters. The number of hydrogen-bond acceptors (Lipinski definition) is 5. The molecule has 1 aromatic heterocycles. The van der Waals surface area contributed by atoms with Crippen molar-refractivity contribution in [2.24, 2.45) is 0 Å². The van der Waals surface area contributed by atoms with E-state index in [9.17, 15) is 4.79 Å². The second-order valence-corrected chi connectivity index (χ2v) is 7.18. The molecule has 27 heavy (non-hydrogen) atoms. The Morgan fingerprint density at radius 3 is 2.78 bits per heavy atom. The Hall–Kier alpha value is -2.44. The number of benzene rings is 1. The average molecular weight is 366 g/mol. The maximum absolute atomic E-state index is 12.7. The molecule has 1 aromatic carbocycles. The number of hydrogen-bond donors (Lipinski definition) is 1. The molecule has 3 heterocycles. The Morgan fingerprint density at radius 2 is 1.96 bits per heavy atom. The summed E-state index contributed by atoms with van der Waals surface area (Å²) >= 11 is 0. The van der Waals surface area contributed by atoms with E-state index in [-0.39, 0.29) is 11.9 Å². The summed E-state index contributed by atoms with van der Waals surface area (Å²) in [4.78, 5) is 21.6.